The van der Waals surface area contributed by atoms with Crippen molar-refractivity contribution in [3.05, 3.63) is 22.6 Å². The quantitative estimate of drug-likeness (QED) is 0.922. The highest BCUT2D eigenvalue weighted by Crippen LogP contribution is 2.30. The van der Waals surface area contributed by atoms with E-state index in [4.69, 9.17) is 10.2 Å². The second-order valence-electron chi connectivity index (χ2n) is 5.36. The van der Waals surface area contributed by atoms with Crippen molar-refractivity contribution in [1.29, 1.82) is 0 Å². The molecular formula is C13H22BrN3O. The first kappa shape index (κ1) is 14.1. The Hall–Kier alpha value is -0.360. The average molecular weight is 316 g/mol. The summed E-state index contributed by atoms with van der Waals surface area (Å²) < 4.78 is 6.43. The summed E-state index contributed by atoms with van der Waals surface area (Å²) in [5.74, 6) is 1.61. The van der Waals surface area contributed by atoms with Gasteiger partial charge in [0, 0.05) is 25.7 Å². The van der Waals surface area contributed by atoms with Crippen LogP contribution in [0.25, 0.3) is 0 Å². The van der Waals surface area contributed by atoms with Crippen LogP contribution in [-0.4, -0.2) is 49.6 Å². The van der Waals surface area contributed by atoms with Gasteiger partial charge in [0.05, 0.1) is 6.04 Å². The number of furan rings is 1. The number of likely N-dealkylation sites (N-methyl/N-ethyl adjacent to an activating group) is 1. The Bertz CT molecular complexity index is 393. The molecule has 1 aromatic heterocycles. The molecule has 2 rings (SSSR count). The maximum Gasteiger partial charge on any atom is 0.169 e. The van der Waals surface area contributed by atoms with Gasteiger partial charge in [0.2, 0.25) is 0 Å². The van der Waals surface area contributed by atoms with Crippen molar-refractivity contribution >= 4 is 15.9 Å². The van der Waals surface area contributed by atoms with E-state index >= 15 is 0 Å². The molecule has 0 spiro atoms. The summed E-state index contributed by atoms with van der Waals surface area (Å²) >= 11 is 3.35. The van der Waals surface area contributed by atoms with E-state index in [0.717, 1.165) is 23.5 Å². The second kappa shape index (κ2) is 5.74. The number of hydrogen-bond donors (Lipinski definition) is 1. The van der Waals surface area contributed by atoms with Crippen molar-refractivity contribution < 1.29 is 4.42 Å². The van der Waals surface area contributed by atoms with E-state index in [2.05, 4.69) is 46.7 Å². The minimum absolute atomic E-state index is 0.184. The number of rotatable bonds is 4. The van der Waals surface area contributed by atoms with Gasteiger partial charge in [0.25, 0.3) is 0 Å². The molecule has 3 unspecified atom stereocenters. The average Bonchev–Trinajstić information content (AvgIpc) is 2.87. The topological polar surface area (TPSA) is 45.6 Å². The van der Waals surface area contributed by atoms with E-state index in [9.17, 15) is 0 Å². The molecule has 2 heterocycles. The maximum atomic E-state index is 5.93. The zero-order valence-electron chi connectivity index (χ0n) is 11.3. The lowest BCUT2D eigenvalue weighted by Gasteiger charge is -2.26. The SMILES string of the molecule is CC1CN(C(CN)c2ccc(Br)o2)CC1N(C)C. The summed E-state index contributed by atoms with van der Waals surface area (Å²) in [4.78, 5) is 4.73. The van der Waals surface area contributed by atoms with Crippen LogP contribution in [0.3, 0.4) is 0 Å². The van der Waals surface area contributed by atoms with Crippen molar-refractivity contribution in [3.8, 4) is 0 Å². The van der Waals surface area contributed by atoms with Gasteiger partial charge in [-0.25, -0.2) is 0 Å². The molecule has 18 heavy (non-hydrogen) atoms. The monoisotopic (exact) mass is 315 g/mol. The van der Waals surface area contributed by atoms with Crippen LogP contribution >= 0.6 is 15.9 Å². The van der Waals surface area contributed by atoms with Crippen LogP contribution in [-0.2, 0) is 0 Å². The molecule has 5 heteroatoms. The molecule has 102 valence electrons. The normalized spacial score (nSPS) is 27.0. The first-order valence-electron chi connectivity index (χ1n) is 6.38. The Morgan fingerprint density at radius 2 is 2.22 bits per heavy atom. The van der Waals surface area contributed by atoms with Crippen LogP contribution in [0.1, 0.15) is 18.7 Å². The third kappa shape index (κ3) is 2.79. The van der Waals surface area contributed by atoms with E-state index in [0.29, 0.717) is 18.5 Å². The van der Waals surface area contributed by atoms with E-state index < -0.39 is 0 Å². The highest BCUT2D eigenvalue weighted by molar-refractivity contribution is 9.10. The predicted molar refractivity (Wildman–Crippen MR) is 76.4 cm³/mol. The van der Waals surface area contributed by atoms with Crippen molar-refractivity contribution in [2.24, 2.45) is 11.7 Å². The predicted octanol–water partition coefficient (Wildman–Crippen LogP) is 1.92. The van der Waals surface area contributed by atoms with Crippen molar-refractivity contribution in [1.82, 2.24) is 9.80 Å². The van der Waals surface area contributed by atoms with Gasteiger partial charge in [-0.3, -0.25) is 4.90 Å². The maximum absolute atomic E-state index is 5.93. The Morgan fingerprint density at radius 3 is 2.67 bits per heavy atom. The Kier molecular flexibility index (Phi) is 4.48. The summed E-state index contributed by atoms with van der Waals surface area (Å²) in [5.41, 5.74) is 5.93. The van der Waals surface area contributed by atoms with E-state index in [1.807, 2.05) is 12.1 Å². The first-order valence-corrected chi connectivity index (χ1v) is 7.18. The molecule has 1 aliphatic heterocycles. The molecule has 1 aromatic rings. The molecule has 1 aliphatic rings. The van der Waals surface area contributed by atoms with Gasteiger partial charge < -0.3 is 15.1 Å². The third-order valence-electron chi connectivity index (χ3n) is 3.85. The lowest BCUT2D eigenvalue weighted by atomic mass is 10.1. The molecule has 0 amide bonds. The van der Waals surface area contributed by atoms with Crippen LogP contribution in [0.4, 0.5) is 0 Å². The summed E-state index contributed by atoms with van der Waals surface area (Å²) in [7, 11) is 4.29. The highest BCUT2D eigenvalue weighted by Gasteiger charge is 2.35. The summed E-state index contributed by atoms with van der Waals surface area (Å²) in [5, 5.41) is 0. The van der Waals surface area contributed by atoms with E-state index in [1.54, 1.807) is 0 Å². The second-order valence-corrected chi connectivity index (χ2v) is 6.14. The van der Waals surface area contributed by atoms with E-state index in [1.165, 1.54) is 0 Å². The third-order valence-corrected chi connectivity index (χ3v) is 4.28. The fourth-order valence-corrected chi connectivity index (χ4v) is 3.18. The molecule has 0 bridgehead atoms. The number of nitrogens with zero attached hydrogens (tertiary/aromatic N) is 2. The molecule has 1 fully saturated rings. The van der Waals surface area contributed by atoms with Crippen molar-refractivity contribution in [3.63, 3.8) is 0 Å². The number of nitrogens with two attached hydrogens (primary N) is 1. The Morgan fingerprint density at radius 1 is 1.50 bits per heavy atom. The summed E-state index contributed by atoms with van der Waals surface area (Å²) in [6, 6.07) is 4.72. The van der Waals surface area contributed by atoms with Gasteiger partial charge in [0.1, 0.15) is 5.76 Å². The fraction of sp³-hybridized carbons (Fsp3) is 0.692. The standard InChI is InChI=1S/C13H22BrN3O/c1-9-7-17(8-11(9)16(2)3)10(6-15)12-4-5-13(14)18-12/h4-5,9-11H,6-8,15H2,1-3H3. The minimum Gasteiger partial charge on any atom is -0.453 e. The molecule has 0 aliphatic carbocycles. The Balaban J connectivity index is 2.11. The van der Waals surface area contributed by atoms with Gasteiger partial charge in [-0.05, 0) is 48.1 Å². The number of halogens is 1. The van der Waals surface area contributed by atoms with Gasteiger partial charge >= 0.3 is 0 Å². The largest absolute Gasteiger partial charge is 0.453 e. The fourth-order valence-electron chi connectivity index (χ4n) is 2.87. The zero-order chi connectivity index (χ0) is 13.3. The zero-order valence-corrected chi connectivity index (χ0v) is 12.9. The van der Waals surface area contributed by atoms with Crippen molar-refractivity contribution in [2.45, 2.75) is 19.0 Å². The number of hydrogen-bond acceptors (Lipinski definition) is 4. The van der Waals surface area contributed by atoms with Gasteiger partial charge in [-0.1, -0.05) is 6.92 Å². The van der Waals surface area contributed by atoms with Crippen LogP contribution in [0, 0.1) is 5.92 Å². The minimum atomic E-state index is 0.184. The van der Waals surface area contributed by atoms with Crippen LogP contribution < -0.4 is 5.73 Å². The summed E-state index contributed by atoms with van der Waals surface area (Å²) in [6.45, 7) is 5.01. The molecule has 0 radical (unpaired) electrons. The first-order chi connectivity index (χ1) is 8.52. The van der Waals surface area contributed by atoms with Crippen LogP contribution in [0.2, 0.25) is 0 Å². The van der Waals surface area contributed by atoms with Gasteiger partial charge in [0.15, 0.2) is 4.67 Å². The smallest absolute Gasteiger partial charge is 0.169 e. The number of likely N-dealkylation sites (tertiary alicyclic amines) is 1. The van der Waals surface area contributed by atoms with Crippen LogP contribution in [0.5, 0.6) is 0 Å². The van der Waals surface area contributed by atoms with E-state index in [-0.39, 0.29) is 6.04 Å². The molecule has 0 aromatic carbocycles. The lowest BCUT2D eigenvalue weighted by molar-refractivity contribution is 0.198. The molecule has 3 atom stereocenters. The van der Waals surface area contributed by atoms with Crippen LogP contribution in [0.15, 0.2) is 21.2 Å². The highest BCUT2D eigenvalue weighted by atomic mass is 79.9. The van der Waals surface area contributed by atoms with Gasteiger partial charge in [-0.2, -0.15) is 0 Å². The molecule has 1 saturated heterocycles. The van der Waals surface area contributed by atoms with Gasteiger partial charge in [-0.15, -0.1) is 0 Å². The van der Waals surface area contributed by atoms with Crippen molar-refractivity contribution in [2.75, 3.05) is 33.7 Å². The lowest BCUT2D eigenvalue weighted by Crippen LogP contribution is -2.36. The molecule has 0 saturated carbocycles. The Labute approximate surface area is 117 Å². The summed E-state index contributed by atoms with van der Waals surface area (Å²) in [6.07, 6.45) is 0. The molecule has 2 N–H and O–H groups in total. The molecule has 4 nitrogen and oxygen atoms in total. The molecular weight excluding hydrogens is 294 g/mol.